The number of nitrogens with zero attached hydrogens (tertiary/aromatic N) is 4. The smallest absolute Gasteiger partial charge is 0.269 e. The molecule has 0 radical (unpaired) electrons. The normalized spacial score (nSPS) is 13.1. The molecule has 10 heteroatoms. The Labute approximate surface area is 203 Å². The third-order valence-corrected chi connectivity index (χ3v) is 7.94. The van der Waals surface area contributed by atoms with Gasteiger partial charge in [0.25, 0.3) is 11.2 Å². The first-order valence-electron chi connectivity index (χ1n) is 10.7. The maximum atomic E-state index is 13.8. The molecule has 172 valence electrons. The summed E-state index contributed by atoms with van der Waals surface area (Å²) in [6.07, 6.45) is 0.635. The summed E-state index contributed by atoms with van der Waals surface area (Å²) in [5.74, 6) is 0.531. The quantitative estimate of drug-likeness (QED) is 0.175. The Morgan fingerprint density at radius 1 is 1.18 bits per heavy atom. The monoisotopic (exact) mass is 492 g/mol. The molecule has 0 unspecified atom stereocenters. The molecule has 0 saturated carbocycles. The van der Waals surface area contributed by atoms with Crippen LogP contribution in [0.15, 0.2) is 64.5 Å². The molecule has 0 aliphatic carbocycles. The topological polar surface area (TPSA) is 98.3 Å². The van der Waals surface area contributed by atoms with Crippen LogP contribution in [0, 0.1) is 10.1 Å². The minimum Gasteiger partial charge on any atom is -0.337 e. The van der Waals surface area contributed by atoms with Gasteiger partial charge >= 0.3 is 0 Å². The average molecular weight is 493 g/mol. The SMILES string of the molecule is CC(=O)N1CCc2c(sc3nc(SCc4ccc([N+](=O)[O-])cc4)n(-c4ccccc4)c(=O)c23)C1. The van der Waals surface area contributed by atoms with Crippen molar-refractivity contribution in [1.82, 2.24) is 14.5 Å². The van der Waals surface area contributed by atoms with Crippen molar-refractivity contribution in [2.75, 3.05) is 6.54 Å². The van der Waals surface area contributed by atoms with E-state index in [-0.39, 0.29) is 17.2 Å². The van der Waals surface area contributed by atoms with Crippen LogP contribution >= 0.6 is 23.1 Å². The zero-order valence-corrected chi connectivity index (χ0v) is 19.9. The molecule has 0 atom stereocenters. The van der Waals surface area contributed by atoms with Crippen molar-refractivity contribution >= 4 is 44.9 Å². The van der Waals surface area contributed by atoms with E-state index in [1.54, 1.807) is 28.5 Å². The van der Waals surface area contributed by atoms with E-state index in [4.69, 9.17) is 4.98 Å². The predicted molar refractivity (Wildman–Crippen MR) is 133 cm³/mol. The van der Waals surface area contributed by atoms with Crippen molar-refractivity contribution < 1.29 is 9.72 Å². The number of benzene rings is 2. The number of hydrogen-bond donors (Lipinski definition) is 0. The van der Waals surface area contributed by atoms with Gasteiger partial charge in [0.1, 0.15) is 4.83 Å². The van der Waals surface area contributed by atoms with Gasteiger partial charge in [0.05, 0.1) is 22.5 Å². The number of carbonyl (C=O) groups is 1. The molecule has 0 bridgehead atoms. The van der Waals surface area contributed by atoms with E-state index in [1.807, 2.05) is 30.3 Å². The van der Waals surface area contributed by atoms with Crippen LogP contribution in [0.3, 0.4) is 0 Å². The summed E-state index contributed by atoms with van der Waals surface area (Å²) < 4.78 is 1.64. The van der Waals surface area contributed by atoms with Gasteiger partial charge in [-0.15, -0.1) is 11.3 Å². The molecule has 5 rings (SSSR count). The molecule has 1 aliphatic rings. The van der Waals surface area contributed by atoms with Gasteiger partial charge in [-0.2, -0.15) is 0 Å². The standard InChI is InChI=1S/C24H20N4O4S2/c1-15(29)26-12-11-19-20(13-26)34-22-21(19)23(30)27(17-5-3-2-4-6-17)24(25-22)33-14-16-7-9-18(10-8-16)28(31)32/h2-10H,11-14H2,1H3. The first kappa shape index (κ1) is 22.3. The Hall–Kier alpha value is -3.50. The number of para-hydroxylation sites is 1. The van der Waals surface area contributed by atoms with E-state index in [9.17, 15) is 19.7 Å². The molecule has 0 fully saturated rings. The number of fused-ring (bicyclic) bond motifs is 3. The molecule has 0 N–H and O–H groups in total. The zero-order valence-electron chi connectivity index (χ0n) is 18.3. The van der Waals surface area contributed by atoms with Crippen molar-refractivity contribution in [3.8, 4) is 5.69 Å². The van der Waals surface area contributed by atoms with E-state index in [2.05, 4.69) is 0 Å². The minimum absolute atomic E-state index is 0.0251. The Morgan fingerprint density at radius 2 is 1.91 bits per heavy atom. The number of hydrogen-bond acceptors (Lipinski definition) is 7. The number of aromatic nitrogens is 2. The van der Waals surface area contributed by atoms with Crippen LogP contribution in [0.1, 0.15) is 22.9 Å². The summed E-state index contributed by atoms with van der Waals surface area (Å²) in [5, 5.41) is 12.1. The predicted octanol–water partition coefficient (Wildman–Crippen LogP) is 4.55. The Morgan fingerprint density at radius 3 is 2.59 bits per heavy atom. The molecular weight excluding hydrogens is 472 g/mol. The summed E-state index contributed by atoms with van der Waals surface area (Å²) in [6, 6.07) is 15.8. The molecule has 2 aromatic carbocycles. The molecule has 0 spiro atoms. The van der Waals surface area contributed by atoms with Crippen molar-refractivity contribution in [2.24, 2.45) is 0 Å². The highest BCUT2D eigenvalue weighted by Gasteiger charge is 2.26. The van der Waals surface area contributed by atoms with Gasteiger partial charge in [-0.05, 0) is 29.7 Å². The van der Waals surface area contributed by atoms with Crippen LogP contribution in [0.5, 0.6) is 0 Å². The number of carbonyl (C=O) groups excluding carboxylic acids is 1. The molecule has 8 nitrogen and oxygen atoms in total. The number of thiophene rings is 1. The molecule has 0 saturated heterocycles. The number of non-ortho nitro benzene ring substituents is 1. The number of nitro benzene ring substituents is 1. The van der Waals surface area contributed by atoms with Gasteiger partial charge in [0.2, 0.25) is 5.91 Å². The summed E-state index contributed by atoms with van der Waals surface area (Å²) in [6.45, 7) is 2.66. The van der Waals surface area contributed by atoms with Crippen LogP contribution < -0.4 is 5.56 Å². The number of thioether (sulfide) groups is 1. The highest BCUT2D eigenvalue weighted by molar-refractivity contribution is 7.98. The second-order valence-electron chi connectivity index (χ2n) is 7.96. The van der Waals surface area contributed by atoms with Crippen LogP contribution in [0.25, 0.3) is 15.9 Å². The second kappa shape index (κ2) is 9.03. The summed E-state index contributed by atoms with van der Waals surface area (Å²) in [5.41, 5.74) is 2.54. The van der Waals surface area contributed by atoms with Gasteiger partial charge in [-0.1, -0.05) is 42.1 Å². The van der Waals surface area contributed by atoms with Crippen LogP contribution in [0.2, 0.25) is 0 Å². The maximum Gasteiger partial charge on any atom is 0.269 e. The zero-order chi connectivity index (χ0) is 23.8. The molecule has 3 heterocycles. The van der Waals surface area contributed by atoms with E-state index in [1.165, 1.54) is 35.2 Å². The Bertz CT molecular complexity index is 1460. The molecule has 1 aliphatic heterocycles. The molecule has 4 aromatic rings. The van der Waals surface area contributed by atoms with Crippen molar-refractivity contribution in [3.05, 3.63) is 91.1 Å². The molecule has 2 aromatic heterocycles. The third-order valence-electron chi connectivity index (χ3n) is 5.82. The highest BCUT2D eigenvalue weighted by Crippen LogP contribution is 2.35. The Balaban J connectivity index is 1.58. The highest BCUT2D eigenvalue weighted by atomic mass is 32.2. The van der Waals surface area contributed by atoms with Crippen molar-refractivity contribution in [3.63, 3.8) is 0 Å². The number of amides is 1. The largest absolute Gasteiger partial charge is 0.337 e. The average Bonchev–Trinajstić information content (AvgIpc) is 3.21. The van der Waals surface area contributed by atoms with Crippen LogP contribution in [-0.4, -0.2) is 31.8 Å². The van der Waals surface area contributed by atoms with Crippen LogP contribution in [-0.2, 0) is 23.5 Å². The lowest BCUT2D eigenvalue weighted by molar-refractivity contribution is -0.384. The fourth-order valence-electron chi connectivity index (χ4n) is 4.06. The molecule has 34 heavy (non-hydrogen) atoms. The van der Waals surface area contributed by atoms with Crippen molar-refractivity contribution in [1.29, 1.82) is 0 Å². The van der Waals surface area contributed by atoms with E-state index in [0.29, 0.717) is 40.6 Å². The van der Waals surface area contributed by atoms with Gasteiger partial charge in [-0.3, -0.25) is 24.3 Å². The van der Waals surface area contributed by atoms with Crippen molar-refractivity contribution in [2.45, 2.75) is 30.8 Å². The Kier molecular flexibility index (Phi) is 5.93. The lowest BCUT2D eigenvalue weighted by Gasteiger charge is -2.25. The second-order valence-corrected chi connectivity index (χ2v) is 9.98. The maximum absolute atomic E-state index is 13.8. The van der Waals surface area contributed by atoms with Gasteiger partial charge in [0.15, 0.2) is 5.16 Å². The van der Waals surface area contributed by atoms with Gasteiger partial charge in [0, 0.05) is 36.2 Å². The third kappa shape index (κ3) is 4.10. The van der Waals surface area contributed by atoms with E-state index in [0.717, 1.165) is 21.7 Å². The summed E-state index contributed by atoms with van der Waals surface area (Å²) in [4.78, 5) is 44.5. The minimum atomic E-state index is -0.425. The summed E-state index contributed by atoms with van der Waals surface area (Å²) in [7, 11) is 0. The first-order chi connectivity index (χ1) is 16.4. The lowest BCUT2D eigenvalue weighted by Crippen LogP contribution is -2.34. The lowest BCUT2D eigenvalue weighted by atomic mass is 10.1. The fraction of sp³-hybridized carbons (Fsp3) is 0.208. The van der Waals surface area contributed by atoms with Crippen LogP contribution in [0.4, 0.5) is 5.69 Å². The van der Waals surface area contributed by atoms with Gasteiger partial charge in [-0.25, -0.2) is 4.98 Å². The summed E-state index contributed by atoms with van der Waals surface area (Å²) >= 11 is 2.89. The first-order valence-corrected chi connectivity index (χ1v) is 12.5. The molecular formula is C24H20N4O4S2. The van der Waals surface area contributed by atoms with E-state index >= 15 is 0 Å². The number of rotatable bonds is 5. The van der Waals surface area contributed by atoms with E-state index < -0.39 is 4.92 Å². The fourth-order valence-corrected chi connectivity index (χ4v) is 6.30. The number of nitro groups is 1. The molecule has 1 amide bonds. The van der Waals surface area contributed by atoms with Gasteiger partial charge < -0.3 is 4.90 Å².